The molecule has 24 heavy (non-hydrogen) atoms. The van der Waals surface area contributed by atoms with Crippen LogP contribution >= 0.6 is 23.1 Å². The van der Waals surface area contributed by atoms with E-state index in [4.69, 9.17) is 5.73 Å². The highest BCUT2D eigenvalue weighted by Gasteiger charge is 2.32. The summed E-state index contributed by atoms with van der Waals surface area (Å²) in [5.74, 6) is 1.75. The molecule has 1 aliphatic heterocycles. The number of allylic oxidation sites excluding steroid dienone is 1. The minimum Gasteiger partial charge on any atom is -0.391 e. The molecule has 6 nitrogen and oxygen atoms in total. The van der Waals surface area contributed by atoms with Gasteiger partial charge in [0.2, 0.25) is 0 Å². The maximum Gasteiger partial charge on any atom is 0.149 e. The molecule has 3 N–H and O–H groups in total. The lowest BCUT2D eigenvalue weighted by Gasteiger charge is -2.16. The largest absolute Gasteiger partial charge is 0.391 e. The Bertz CT molecular complexity index is 749. The Balaban J connectivity index is 1.36. The maximum absolute atomic E-state index is 10.4. The Morgan fingerprint density at radius 2 is 2.25 bits per heavy atom. The molecule has 2 aliphatic rings. The first-order valence-corrected chi connectivity index (χ1v) is 9.78. The van der Waals surface area contributed by atoms with E-state index in [1.165, 1.54) is 11.9 Å². The summed E-state index contributed by atoms with van der Waals surface area (Å²) in [4.78, 5) is 15.0. The number of aliphatic hydroxyl groups excluding tert-OH is 1. The van der Waals surface area contributed by atoms with E-state index in [2.05, 4.69) is 25.9 Å². The lowest BCUT2D eigenvalue weighted by atomic mass is 10.1. The van der Waals surface area contributed by atoms with E-state index in [0.29, 0.717) is 12.4 Å². The lowest BCUT2D eigenvalue weighted by molar-refractivity contribution is 0.151. The van der Waals surface area contributed by atoms with Gasteiger partial charge in [-0.25, -0.2) is 15.0 Å². The average molecular weight is 361 g/mol. The van der Waals surface area contributed by atoms with Crippen LogP contribution in [0.3, 0.4) is 0 Å². The highest BCUT2D eigenvalue weighted by Crippen LogP contribution is 2.32. The first kappa shape index (κ1) is 16.0. The zero-order valence-electron chi connectivity index (χ0n) is 13.1. The van der Waals surface area contributed by atoms with Gasteiger partial charge in [0.15, 0.2) is 0 Å². The highest BCUT2D eigenvalue weighted by atomic mass is 32.2. The van der Waals surface area contributed by atoms with Gasteiger partial charge in [0.25, 0.3) is 0 Å². The Kier molecular flexibility index (Phi) is 4.53. The topological polar surface area (TPSA) is 88.2 Å². The Labute approximate surface area is 148 Å². The number of nitrogens with zero attached hydrogens (tertiary/aromatic N) is 4. The van der Waals surface area contributed by atoms with Gasteiger partial charge in [-0.15, -0.1) is 11.3 Å². The molecule has 8 heteroatoms. The van der Waals surface area contributed by atoms with Crippen LogP contribution in [0, 0.1) is 5.92 Å². The first-order valence-electron chi connectivity index (χ1n) is 7.92. The normalized spacial score (nSPS) is 23.5. The number of thioether (sulfide) groups is 1. The van der Waals surface area contributed by atoms with E-state index >= 15 is 0 Å². The number of likely N-dealkylation sites (tertiary alicyclic amines) is 1. The summed E-state index contributed by atoms with van der Waals surface area (Å²) in [6, 6.07) is 0. The van der Waals surface area contributed by atoms with Crippen LogP contribution in [0.5, 0.6) is 0 Å². The van der Waals surface area contributed by atoms with Gasteiger partial charge in [-0.1, -0.05) is 17.8 Å². The summed E-state index contributed by atoms with van der Waals surface area (Å²) in [5, 5.41) is 12.3. The second kappa shape index (κ2) is 6.79. The van der Waals surface area contributed by atoms with Gasteiger partial charge in [-0.2, -0.15) is 0 Å². The molecule has 0 saturated carbocycles. The van der Waals surface area contributed by atoms with Crippen molar-refractivity contribution >= 4 is 34.5 Å². The van der Waals surface area contributed by atoms with Crippen molar-refractivity contribution in [3.8, 4) is 0 Å². The molecule has 0 amide bonds. The number of rotatable bonds is 5. The predicted octanol–water partition coefficient (Wildman–Crippen LogP) is 1.54. The van der Waals surface area contributed by atoms with Crippen molar-refractivity contribution < 1.29 is 5.11 Å². The van der Waals surface area contributed by atoms with Gasteiger partial charge in [0, 0.05) is 48.4 Å². The van der Waals surface area contributed by atoms with E-state index in [-0.39, 0.29) is 12.0 Å². The minimum atomic E-state index is -0.283. The Morgan fingerprint density at radius 3 is 3.08 bits per heavy atom. The van der Waals surface area contributed by atoms with Gasteiger partial charge in [0.1, 0.15) is 16.5 Å². The van der Waals surface area contributed by atoms with Crippen LogP contribution < -0.4 is 5.73 Å². The van der Waals surface area contributed by atoms with Crippen molar-refractivity contribution in [2.75, 3.05) is 31.1 Å². The van der Waals surface area contributed by atoms with Crippen molar-refractivity contribution in [2.24, 2.45) is 5.92 Å². The Morgan fingerprint density at radius 1 is 1.33 bits per heavy atom. The molecule has 3 heterocycles. The molecule has 4 rings (SSSR count). The van der Waals surface area contributed by atoms with Gasteiger partial charge < -0.3 is 10.8 Å². The molecular weight excluding hydrogens is 342 g/mol. The van der Waals surface area contributed by atoms with E-state index in [1.807, 2.05) is 11.6 Å². The molecule has 1 fully saturated rings. The molecule has 0 bridgehead atoms. The monoisotopic (exact) mass is 361 g/mol. The van der Waals surface area contributed by atoms with Crippen LogP contribution in [0.1, 0.15) is 11.3 Å². The number of aromatic nitrogens is 3. The molecular formula is C16H19N5OS2. The lowest BCUT2D eigenvalue weighted by Crippen LogP contribution is -2.24. The number of nitrogens with two attached hydrogens (primary N) is 1. The fourth-order valence-electron chi connectivity index (χ4n) is 3.30. The predicted molar refractivity (Wildman–Crippen MR) is 96.9 cm³/mol. The molecule has 2 atom stereocenters. The fraction of sp³-hybridized carbons (Fsp3) is 0.438. The molecule has 126 valence electrons. The third-order valence-electron chi connectivity index (χ3n) is 4.54. The SMILES string of the molecule is Nc1ncnc2c1CC=C2CN1C[C@H](CSc2nccs2)[C@@H](O)C1. The van der Waals surface area contributed by atoms with Crippen LogP contribution in [0.25, 0.3) is 5.57 Å². The quantitative estimate of drug-likeness (QED) is 0.781. The molecule has 0 unspecified atom stereocenters. The molecule has 1 saturated heterocycles. The number of hydrogen-bond acceptors (Lipinski definition) is 8. The van der Waals surface area contributed by atoms with E-state index in [0.717, 1.165) is 40.9 Å². The second-order valence-electron chi connectivity index (χ2n) is 6.15. The number of nitrogen functional groups attached to an aromatic ring is 1. The van der Waals surface area contributed by atoms with Crippen LogP contribution in [-0.4, -0.2) is 56.4 Å². The van der Waals surface area contributed by atoms with Crippen molar-refractivity contribution in [3.63, 3.8) is 0 Å². The molecule has 0 spiro atoms. The zero-order chi connectivity index (χ0) is 16.5. The summed E-state index contributed by atoms with van der Waals surface area (Å²) >= 11 is 3.38. The van der Waals surface area contributed by atoms with Crippen LogP contribution in [-0.2, 0) is 6.42 Å². The molecule has 0 radical (unpaired) electrons. The number of fused-ring (bicyclic) bond motifs is 1. The standard InChI is InChI=1S/C16H19N5OS2/c17-15-12-2-1-10(14(12)19-9-20-15)5-21-6-11(13(22)7-21)8-24-16-18-3-4-23-16/h1,3-4,9,11,13,22H,2,5-8H2,(H2,17,19,20)/t11-,13+/m1/s1. The number of hydrogen-bond donors (Lipinski definition) is 2. The third kappa shape index (κ3) is 3.19. The summed E-state index contributed by atoms with van der Waals surface area (Å²) < 4.78 is 1.07. The molecule has 1 aliphatic carbocycles. The average Bonchev–Trinajstić information content (AvgIpc) is 3.28. The second-order valence-corrected chi connectivity index (χ2v) is 8.31. The highest BCUT2D eigenvalue weighted by molar-refractivity contribution is 8.01. The molecule has 0 aromatic carbocycles. The zero-order valence-corrected chi connectivity index (χ0v) is 14.8. The number of β-amino-alcohol motifs (C(OH)–C–C–N with tert-alkyl or cyclic N) is 1. The molecule has 2 aromatic rings. The van der Waals surface area contributed by atoms with E-state index < -0.39 is 0 Å². The van der Waals surface area contributed by atoms with Gasteiger partial charge in [-0.05, 0) is 12.0 Å². The van der Waals surface area contributed by atoms with Gasteiger partial charge >= 0.3 is 0 Å². The van der Waals surface area contributed by atoms with Crippen molar-refractivity contribution in [3.05, 3.63) is 35.2 Å². The number of anilines is 1. The van der Waals surface area contributed by atoms with Gasteiger partial charge in [0.05, 0.1) is 11.8 Å². The Hall–Kier alpha value is -1.48. The number of thiazole rings is 1. The maximum atomic E-state index is 10.4. The minimum absolute atomic E-state index is 0.274. The number of aliphatic hydroxyl groups is 1. The fourth-order valence-corrected chi connectivity index (χ4v) is 5.12. The third-order valence-corrected chi connectivity index (χ3v) is 6.70. The summed E-state index contributed by atoms with van der Waals surface area (Å²) in [6.07, 6.45) is 6.05. The van der Waals surface area contributed by atoms with E-state index in [1.54, 1.807) is 23.1 Å². The van der Waals surface area contributed by atoms with Crippen LogP contribution in [0.15, 0.2) is 28.3 Å². The van der Waals surface area contributed by atoms with Crippen LogP contribution in [0.4, 0.5) is 5.82 Å². The van der Waals surface area contributed by atoms with Gasteiger partial charge in [-0.3, -0.25) is 4.90 Å². The summed E-state index contributed by atoms with van der Waals surface area (Å²) in [7, 11) is 0. The smallest absolute Gasteiger partial charge is 0.149 e. The first-order chi connectivity index (χ1) is 11.7. The summed E-state index contributed by atoms with van der Waals surface area (Å²) in [6.45, 7) is 2.40. The van der Waals surface area contributed by atoms with Crippen molar-refractivity contribution in [2.45, 2.75) is 16.9 Å². The van der Waals surface area contributed by atoms with Crippen LogP contribution in [0.2, 0.25) is 0 Å². The molecule has 2 aromatic heterocycles. The van der Waals surface area contributed by atoms with Crippen molar-refractivity contribution in [1.29, 1.82) is 0 Å². The van der Waals surface area contributed by atoms with E-state index in [9.17, 15) is 5.11 Å². The summed E-state index contributed by atoms with van der Waals surface area (Å²) in [5.41, 5.74) is 9.12. The van der Waals surface area contributed by atoms with Crippen molar-refractivity contribution in [1.82, 2.24) is 19.9 Å².